The van der Waals surface area contributed by atoms with Gasteiger partial charge in [-0.05, 0) is 62.6 Å². The molecule has 1 heterocycles. The lowest BCUT2D eigenvalue weighted by Gasteiger charge is -2.35. The van der Waals surface area contributed by atoms with Crippen LogP contribution in [0.25, 0.3) is 0 Å². The van der Waals surface area contributed by atoms with Gasteiger partial charge in [-0.3, -0.25) is 4.90 Å². The topological polar surface area (TPSA) is 29.3 Å². The van der Waals surface area contributed by atoms with E-state index in [0.717, 1.165) is 12.0 Å². The quantitative estimate of drug-likeness (QED) is 0.819. The van der Waals surface area contributed by atoms with Gasteiger partial charge in [-0.1, -0.05) is 13.8 Å². The van der Waals surface area contributed by atoms with Crippen LogP contribution in [0.2, 0.25) is 0 Å². The molecule has 1 aromatic rings. The van der Waals surface area contributed by atoms with E-state index in [0.29, 0.717) is 6.04 Å². The van der Waals surface area contributed by atoms with Crippen LogP contribution in [0.3, 0.4) is 0 Å². The summed E-state index contributed by atoms with van der Waals surface area (Å²) in [5.41, 5.74) is 7.74. The number of rotatable bonds is 7. The summed E-state index contributed by atoms with van der Waals surface area (Å²) in [4.78, 5) is 4.16. The molecule has 1 aromatic heterocycles. The predicted molar refractivity (Wildman–Crippen MR) is 84.6 cm³/mol. The van der Waals surface area contributed by atoms with Gasteiger partial charge in [-0.2, -0.15) is 0 Å². The third-order valence-corrected chi connectivity index (χ3v) is 5.10. The second kappa shape index (κ2) is 6.38. The maximum atomic E-state index is 6.33. The maximum absolute atomic E-state index is 6.33. The van der Waals surface area contributed by atoms with Crippen LogP contribution in [0, 0.1) is 12.8 Å². The van der Waals surface area contributed by atoms with E-state index >= 15 is 0 Å². The number of hydrogen-bond acceptors (Lipinski definition) is 3. The Hall–Kier alpha value is -0.380. The second-order valence-corrected chi connectivity index (χ2v) is 7.37. The minimum atomic E-state index is 0.199. The zero-order chi connectivity index (χ0) is 14.0. The van der Waals surface area contributed by atoms with Crippen molar-refractivity contribution in [1.29, 1.82) is 0 Å². The Morgan fingerprint density at radius 2 is 2.05 bits per heavy atom. The lowest BCUT2D eigenvalue weighted by atomic mass is 10.0. The summed E-state index contributed by atoms with van der Waals surface area (Å²) in [5.74, 6) is 0.763. The van der Waals surface area contributed by atoms with Crippen LogP contribution < -0.4 is 5.73 Å². The van der Waals surface area contributed by atoms with E-state index in [1.807, 2.05) is 11.3 Å². The fraction of sp³-hybridized carbons (Fsp3) is 0.750. The molecule has 0 spiro atoms. The Kier molecular flexibility index (Phi) is 5.04. The van der Waals surface area contributed by atoms with Crippen LogP contribution in [0.5, 0.6) is 0 Å². The number of nitrogens with two attached hydrogens (primary N) is 1. The first-order chi connectivity index (χ1) is 9.00. The smallest absolute Gasteiger partial charge is 0.0595 e. The Bertz CT molecular complexity index is 393. The molecule has 2 unspecified atom stereocenters. The summed E-state index contributed by atoms with van der Waals surface area (Å²) in [5, 5.41) is 2.20. The van der Waals surface area contributed by atoms with Crippen molar-refractivity contribution in [3.8, 4) is 0 Å². The monoisotopic (exact) mass is 280 g/mol. The van der Waals surface area contributed by atoms with Gasteiger partial charge in [0.15, 0.2) is 0 Å². The lowest BCUT2D eigenvalue weighted by molar-refractivity contribution is 0.160. The van der Waals surface area contributed by atoms with E-state index in [9.17, 15) is 0 Å². The predicted octanol–water partition coefficient (Wildman–Crippen LogP) is 3.96. The standard InChI is InChI=1S/C16H28N2S/c1-11(2)7-9-18(14-5-6-14)15(13(4)17)16-12(3)8-10-19-16/h8,10-11,13-15H,5-7,9,17H2,1-4H3. The van der Waals surface area contributed by atoms with Crippen molar-refractivity contribution in [3.63, 3.8) is 0 Å². The molecular formula is C16H28N2S. The minimum Gasteiger partial charge on any atom is -0.326 e. The van der Waals surface area contributed by atoms with Crippen molar-refractivity contribution < 1.29 is 0 Å². The zero-order valence-electron chi connectivity index (χ0n) is 12.7. The molecule has 1 saturated carbocycles. The lowest BCUT2D eigenvalue weighted by Crippen LogP contribution is -2.41. The van der Waals surface area contributed by atoms with Gasteiger partial charge in [0.05, 0.1) is 6.04 Å². The highest BCUT2D eigenvalue weighted by Gasteiger charge is 2.36. The average Bonchev–Trinajstić information content (AvgIpc) is 3.08. The van der Waals surface area contributed by atoms with Crippen molar-refractivity contribution in [2.45, 2.75) is 65.1 Å². The molecule has 1 fully saturated rings. The van der Waals surface area contributed by atoms with Crippen LogP contribution in [-0.4, -0.2) is 23.5 Å². The number of thiophene rings is 1. The van der Waals surface area contributed by atoms with Gasteiger partial charge in [0.2, 0.25) is 0 Å². The summed E-state index contributed by atoms with van der Waals surface area (Å²) < 4.78 is 0. The summed E-state index contributed by atoms with van der Waals surface area (Å²) in [6.45, 7) is 10.2. The van der Waals surface area contributed by atoms with E-state index in [1.165, 1.54) is 36.2 Å². The van der Waals surface area contributed by atoms with Crippen LogP contribution in [0.15, 0.2) is 11.4 Å². The SMILES string of the molecule is Cc1ccsc1C(C(C)N)N(CCC(C)C)C1CC1. The third kappa shape index (κ3) is 3.80. The van der Waals surface area contributed by atoms with E-state index < -0.39 is 0 Å². The number of aryl methyl sites for hydroxylation is 1. The highest BCUT2D eigenvalue weighted by molar-refractivity contribution is 7.10. The highest BCUT2D eigenvalue weighted by atomic mass is 32.1. The van der Waals surface area contributed by atoms with Crippen molar-refractivity contribution in [3.05, 3.63) is 21.9 Å². The molecule has 0 aromatic carbocycles. The van der Waals surface area contributed by atoms with E-state index in [1.54, 1.807) is 0 Å². The molecule has 3 heteroatoms. The normalized spacial score (nSPS) is 19.1. The van der Waals surface area contributed by atoms with E-state index in [2.05, 4.69) is 44.0 Å². The third-order valence-electron chi connectivity index (χ3n) is 4.01. The van der Waals surface area contributed by atoms with E-state index in [-0.39, 0.29) is 6.04 Å². The molecule has 1 aliphatic carbocycles. The highest BCUT2D eigenvalue weighted by Crippen LogP contribution is 2.39. The Morgan fingerprint density at radius 3 is 2.47 bits per heavy atom. The largest absolute Gasteiger partial charge is 0.326 e. The molecular weight excluding hydrogens is 252 g/mol. The molecule has 0 saturated heterocycles. The van der Waals surface area contributed by atoms with Crippen LogP contribution in [0.1, 0.15) is 56.5 Å². The van der Waals surface area contributed by atoms with Crippen molar-refractivity contribution in [1.82, 2.24) is 4.90 Å². The molecule has 2 N–H and O–H groups in total. The van der Waals surface area contributed by atoms with Crippen molar-refractivity contribution in [2.75, 3.05) is 6.54 Å². The van der Waals surface area contributed by atoms with Gasteiger partial charge >= 0.3 is 0 Å². The Balaban J connectivity index is 2.17. The fourth-order valence-electron chi connectivity index (χ4n) is 2.74. The van der Waals surface area contributed by atoms with Crippen molar-refractivity contribution in [2.24, 2.45) is 11.7 Å². The average molecular weight is 280 g/mol. The molecule has 19 heavy (non-hydrogen) atoms. The van der Waals surface area contributed by atoms with Crippen LogP contribution >= 0.6 is 11.3 Å². The minimum absolute atomic E-state index is 0.199. The number of nitrogens with zero attached hydrogens (tertiary/aromatic N) is 1. The van der Waals surface area contributed by atoms with Crippen LogP contribution in [0.4, 0.5) is 0 Å². The molecule has 2 rings (SSSR count). The fourth-order valence-corrected chi connectivity index (χ4v) is 3.90. The molecule has 0 bridgehead atoms. The second-order valence-electron chi connectivity index (χ2n) is 6.42. The van der Waals surface area contributed by atoms with Crippen molar-refractivity contribution >= 4 is 11.3 Å². The van der Waals surface area contributed by atoms with Gasteiger partial charge in [0.25, 0.3) is 0 Å². The van der Waals surface area contributed by atoms with Gasteiger partial charge in [0, 0.05) is 17.0 Å². The summed E-state index contributed by atoms with van der Waals surface area (Å²) >= 11 is 1.87. The van der Waals surface area contributed by atoms with Gasteiger partial charge in [-0.25, -0.2) is 0 Å². The summed E-state index contributed by atoms with van der Waals surface area (Å²) in [6, 6.07) is 3.61. The molecule has 1 aliphatic rings. The molecule has 0 amide bonds. The number of hydrogen-bond donors (Lipinski definition) is 1. The molecule has 2 atom stereocenters. The van der Waals surface area contributed by atoms with Gasteiger partial charge in [0.1, 0.15) is 0 Å². The maximum Gasteiger partial charge on any atom is 0.0595 e. The Morgan fingerprint density at radius 1 is 1.37 bits per heavy atom. The molecule has 0 aliphatic heterocycles. The molecule has 0 radical (unpaired) electrons. The Labute approximate surface area is 122 Å². The van der Waals surface area contributed by atoms with Crippen LogP contribution in [-0.2, 0) is 0 Å². The first kappa shape index (κ1) is 15.0. The zero-order valence-corrected chi connectivity index (χ0v) is 13.5. The summed E-state index contributed by atoms with van der Waals surface area (Å²) in [6.07, 6.45) is 3.97. The summed E-state index contributed by atoms with van der Waals surface area (Å²) in [7, 11) is 0. The first-order valence-electron chi connectivity index (χ1n) is 7.56. The molecule has 2 nitrogen and oxygen atoms in total. The molecule has 108 valence electrons. The van der Waals surface area contributed by atoms with Gasteiger partial charge in [-0.15, -0.1) is 11.3 Å². The van der Waals surface area contributed by atoms with Gasteiger partial charge < -0.3 is 5.73 Å². The first-order valence-corrected chi connectivity index (χ1v) is 8.44. The van der Waals surface area contributed by atoms with E-state index in [4.69, 9.17) is 5.73 Å².